The minimum absolute atomic E-state index is 0.119. The molecule has 8 heteroatoms. The summed E-state index contributed by atoms with van der Waals surface area (Å²) in [7, 11) is 1.55. The molecule has 1 unspecified atom stereocenters. The number of nitrogens with zero attached hydrogens (tertiary/aromatic N) is 2. The van der Waals surface area contributed by atoms with Gasteiger partial charge in [0.05, 0.1) is 18.6 Å². The number of halogens is 2. The molecule has 32 heavy (non-hydrogen) atoms. The number of ketones is 1. The number of Topliss-reactive ketones (excluding diaryl/α,β-unsaturated/α-hetero) is 1. The highest BCUT2D eigenvalue weighted by atomic mass is 19.1. The Balaban J connectivity index is 1.37. The third-order valence-electron chi connectivity index (χ3n) is 6.21. The number of ether oxygens (including phenoxy) is 1. The first-order valence-electron chi connectivity index (χ1n) is 10.6. The Labute approximate surface area is 184 Å². The molecule has 1 atom stereocenters. The highest BCUT2D eigenvalue weighted by Gasteiger charge is 2.39. The van der Waals surface area contributed by atoms with E-state index in [0.717, 1.165) is 18.2 Å². The van der Waals surface area contributed by atoms with Crippen LogP contribution >= 0.6 is 0 Å². The SMILES string of the molecule is COc1cccc(N2CC(C(=O)N3CCC(C(=O)c4cc(F)ccc4F)CC3)CC2=O)c1. The van der Waals surface area contributed by atoms with Crippen molar-refractivity contribution in [2.45, 2.75) is 19.3 Å². The van der Waals surface area contributed by atoms with E-state index in [9.17, 15) is 23.2 Å². The van der Waals surface area contributed by atoms with Crippen molar-refractivity contribution >= 4 is 23.3 Å². The maximum Gasteiger partial charge on any atom is 0.228 e. The van der Waals surface area contributed by atoms with E-state index in [-0.39, 0.29) is 30.3 Å². The summed E-state index contributed by atoms with van der Waals surface area (Å²) in [5.41, 5.74) is 0.441. The molecule has 2 aromatic carbocycles. The lowest BCUT2D eigenvalue weighted by molar-refractivity contribution is -0.137. The van der Waals surface area contributed by atoms with Crippen LogP contribution in [0.25, 0.3) is 0 Å². The van der Waals surface area contributed by atoms with Gasteiger partial charge in [-0.25, -0.2) is 8.78 Å². The van der Waals surface area contributed by atoms with Crippen molar-refractivity contribution < 1.29 is 27.9 Å². The van der Waals surface area contributed by atoms with E-state index in [0.29, 0.717) is 37.4 Å². The molecule has 6 nitrogen and oxygen atoms in total. The van der Waals surface area contributed by atoms with Crippen LogP contribution in [0.3, 0.4) is 0 Å². The van der Waals surface area contributed by atoms with Gasteiger partial charge in [-0.1, -0.05) is 6.07 Å². The number of rotatable bonds is 5. The average Bonchev–Trinajstić information content (AvgIpc) is 3.21. The Morgan fingerprint density at radius 3 is 2.50 bits per heavy atom. The van der Waals surface area contributed by atoms with Crippen LogP contribution < -0.4 is 9.64 Å². The first-order chi connectivity index (χ1) is 15.4. The number of carbonyl (C=O) groups is 3. The van der Waals surface area contributed by atoms with Gasteiger partial charge < -0.3 is 14.5 Å². The van der Waals surface area contributed by atoms with Gasteiger partial charge in [-0.15, -0.1) is 0 Å². The van der Waals surface area contributed by atoms with Crippen LogP contribution in [0.2, 0.25) is 0 Å². The van der Waals surface area contributed by atoms with Gasteiger partial charge in [-0.05, 0) is 43.2 Å². The van der Waals surface area contributed by atoms with Crippen molar-refractivity contribution in [1.82, 2.24) is 4.90 Å². The number of likely N-dealkylation sites (tertiary alicyclic amines) is 1. The number of carbonyl (C=O) groups excluding carboxylic acids is 3. The van der Waals surface area contributed by atoms with Crippen molar-refractivity contribution in [3.05, 3.63) is 59.7 Å². The van der Waals surface area contributed by atoms with E-state index in [1.54, 1.807) is 41.2 Å². The topological polar surface area (TPSA) is 66.9 Å². The summed E-state index contributed by atoms with van der Waals surface area (Å²) in [6.45, 7) is 0.976. The maximum absolute atomic E-state index is 13.9. The molecule has 4 rings (SSSR count). The molecule has 0 N–H and O–H groups in total. The highest BCUT2D eigenvalue weighted by molar-refractivity contribution is 6.01. The molecule has 0 radical (unpaired) electrons. The molecule has 0 aromatic heterocycles. The summed E-state index contributed by atoms with van der Waals surface area (Å²) in [5.74, 6) is -2.36. The molecule has 2 heterocycles. The van der Waals surface area contributed by atoms with Gasteiger partial charge in [0.1, 0.15) is 17.4 Å². The van der Waals surface area contributed by atoms with E-state index in [1.165, 1.54) is 0 Å². The number of hydrogen-bond acceptors (Lipinski definition) is 4. The van der Waals surface area contributed by atoms with E-state index >= 15 is 0 Å². The van der Waals surface area contributed by atoms with Crippen LogP contribution in [0.5, 0.6) is 5.75 Å². The number of benzene rings is 2. The average molecular weight is 442 g/mol. The zero-order valence-electron chi connectivity index (χ0n) is 17.7. The molecule has 0 aliphatic carbocycles. The lowest BCUT2D eigenvalue weighted by atomic mass is 9.88. The number of hydrogen-bond donors (Lipinski definition) is 0. The van der Waals surface area contributed by atoms with Crippen molar-refractivity contribution in [1.29, 1.82) is 0 Å². The highest BCUT2D eigenvalue weighted by Crippen LogP contribution is 2.30. The third-order valence-corrected chi connectivity index (χ3v) is 6.21. The summed E-state index contributed by atoms with van der Waals surface area (Å²) in [6.07, 6.45) is 0.880. The monoisotopic (exact) mass is 442 g/mol. The fraction of sp³-hybridized carbons (Fsp3) is 0.375. The van der Waals surface area contributed by atoms with Gasteiger partial charge in [0.2, 0.25) is 11.8 Å². The number of methoxy groups -OCH3 is 1. The van der Waals surface area contributed by atoms with Gasteiger partial charge in [0.15, 0.2) is 5.78 Å². The van der Waals surface area contributed by atoms with Crippen LogP contribution in [0.1, 0.15) is 29.6 Å². The first-order valence-corrected chi connectivity index (χ1v) is 10.6. The molecule has 2 amide bonds. The second-order valence-electron chi connectivity index (χ2n) is 8.19. The zero-order valence-corrected chi connectivity index (χ0v) is 17.7. The first kappa shape index (κ1) is 21.9. The predicted octanol–water partition coefficient (Wildman–Crippen LogP) is 3.45. The zero-order chi connectivity index (χ0) is 22.8. The van der Waals surface area contributed by atoms with Gasteiger partial charge in [-0.2, -0.15) is 0 Å². The Bertz CT molecular complexity index is 1050. The Morgan fingerprint density at radius 2 is 1.78 bits per heavy atom. The second-order valence-corrected chi connectivity index (χ2v) is 8.19. The van der Waals surface area contributed by atoms with E-state index in [4.69, 9.17) is 4.74 Å². The Kier molecular flexibility index (Phi) is 6.21. The van der Waals surface area contributed by atoms with E-state index < -0.39 is 29.3 Å². The Hall–Kier alpha value is -3.29. The summed E-state index contributed by atoms with van der Waals surface area (Å²) in [4.78, 5) is 41.4. The Morgan fingerprint density at radius 1 is 1.03 bits per heavy atom. The molecule has 2 aromatic rings. The van der Waals surface area contributed by atoms with E-state index in [1.807, 2.05) is 0 Å². The number of piperidine rings is 1. The molecule has 168 valence electrons. The summed E-state index contributed by atoms with van der Waals surface area (Å²) >= 11 is 0. The minimum Gasteiger partial charge on any atom is -0.497 e. The van der Waals surface area contributed by atoms with Gasteiger partial charge in [-0.3, -0.25) is 14.4 Å². The fourth-order valence-electron chi connectivity index (χ4n) is 4.43. The quantitative estimate of drug-likeness (QED) is 0.666. The molecular formula is C24H24F2N2O4. The van der Waals surface area contributed by atoms with Crippen molar-refractivity contribution in [3.63, 3.8) is 0 Å². The van der Waals surface area contributed by atoms with Gasteiger partial charge in [0, 0.05) is 43.7 Å². The van der Waals surface area contributed by atoms with Crippen molar-refractivity contribution in [2.75, 3.05) is 31.6 Å². The molecule has 0 saturated carbocycles. The molecule has 0 spiro atoms. The molecular weight excluding hydrogens is 418 g/mol. The second kappa shape index (κ2) is 9.06. The van der Waals surface area contributed by atoms with Gasteiger partial charge >= 0.3 is 0 Å². The van der Waals surface area contributed by atoms with Crippen LogP contribution in [-0.4, -0.2) is 49.2 Å². The largest absolute Gasteiger partial charge is 0.497 e. The van der Waals surface area contributed by atoms with E-state index in [2.05, 4.69) is 0 Å². The third kappa shape index (κ3) is 4.35. The van der Waals surface area contributed by atoms with Crippen LogP contribution in [0.4, 0.5) is 14.5 Å². The van der Waals surface area contributed by atoms with Crippen molar-refractivity contribution in [3.8, 4) is 5.75 Å². The standard InChI is InChI=1S/C24H24F2N2O4/c1-32-19-4-2-3-18(13-19)28-14-16(11-22(28)29)24(31)27-9-7-15(8-10-27)23(30)20-12-17(25)5-6-21(20)26/h2-6,12-13,15-16H,7-11,14H2,1H3. The minimum atomic E-state index is -0.739. The summed E-state index contributed by atoms with van der Waals surface area (Å²) < 4.78 is 32.6. The normalized spacial score (nSPS) is 19.3. The van der Waals surface area contributed by atoms with Crippen molar-refractivity contribution in [2.24, 2.45) is 11.8 Å². The van der Waals surface area contributed by atoms with Crippen LogP contribution in [0, 0.1) is 23.5 Å². The smallest absolute Gasteiger partial charge is 0.228 e. The maximum atomic E-state index is 13.9. The number of anilines is 1. The summed E-state index contributed by atoms with van der Waals surface area (Å²) in [5, 5.41) is 0. The molecule has 2 aliphatic rings. The van der Waals surface area contributed by atoms with Gasteiger partial charge in [0.25, 0.3) is 0 Å². The fourth-order valence-corrected chi connectivity index (χ4v) is 4.43. The predicted molar refractivity (Wildman–Crippen MR) is 113 cm³/mol. The van der Waals surface area contributed by atoms with Crippen LogP contribution in [0.15, 0.2) is 42.5 Å². The summed E-state index contributed by atoms with van der Waals surface area (Å²) in [6, 6.07) is 9.99. The lowest BCUT2D eigenvalue weighted by Crippen LogP contribution is -2.43. The lowest BCUT2D eigenvalue weighted by Gasteiger charge is -2.33. The molecule has 2 aliphatic heterocycles. The molecule has 2 saturated heterocycles. The molecule has 2 fully saturated rings. The van der Waals surface area contributed by atoms with Crippen LogP contribution in [-0.2, 0) is 9.59 Å². The molecule has 0 bridgehead atoms. The number of amides is 2.